The Morgan fingerprint density at radius 2 is 1.60 bits per heavy atom. The van der Waals surface area contributed by atoms with Crippen molar-refractivity contribution < 1.29 is 9.47 Å². The summed E-state index contributed by atoms with van der Waals surface area (Å²) in [7, 11) is 4.48. The molecule has 2 saturated carbocycles. The molecule has 0 radical (unpaired) electrons. The van der Waals surface area contributed by atoms with E-state index in [1.54, 1.807) is 0 Å². The van der Waals surface area contributed by atoms with Gasteiger partial charge in [-0.2, -0.15) is 0 Å². The molecule has 1 spiro atoms. The monoisotopic (exact) mass is 282 g/mol. The molecule has 20 heavy (non-hydrogen) atoms. The van der Waals surface area contributed by atoms with Gasteiger partial charge in [0.1, 0.15) is 0 Å². The van der Waals surface area contributed by atoms with Gasteiger partial charge in [-0.15, -0.1) is 0 Å². The molecule has 4 heteroatoms. The minimum Gasteiger partial charge on any atom is -0.348 e. The van der Waals surface area contributed by atoms with Gasteiger partial charge in [0, 0.05) is 31.0 Å². The molecule has 0 aromatic heterocycles. The Labute approximate surface area is 123 Å². The number of hydrogen-bond acceptors (Lipinski definition) is 4. The van der Waals surface area contributed by atoms with E-state index in [0.29, 0.717) is 11.6 Å². The van der Waals surface area contributed by atoms with Crippen molar-refractivity contribution in [3.8, 4) is 0 Å². The van der Waals surface area contributed by atoms with Crippen molar-refractivity contribution in [2.24, 2.45) is 0 Å². The van der Waals surface area contributed by atoms with Crippen LogP contribution < -0.4 is 5.32 Å². The molecular weight excluding hydrogens is 252 g/mol. The molecule has 0 aromatic carbocycles. The third kappa shape index (κ3) is 2.89. The Morgan fingerprint density at radius 3 is 2.15 bits per heavy atom. The zero-order valence-corrected chi connectivity index (χ0v) is 13.1. The average molecular weight is 282 g/mol. The molecule has 0 atom stereocenters. The average Bonchev–Trinajstić information content (AvgIpc) is 3.09. The van der Waals surface area contributed by atoms with Crippen LogP contribution in [-0.2, 0) is 9.47 Å². The molecule has 2 aliphatic carbocycles. The summed E-state index contributed by atoms with van der Waals surface area (Å²) in [6, 6.07) is 0.644. The maximum Gasteiger partial charge on any atom is 0.168 e. The Morgan fingerprint density at radius 1 is 1.00 bits per heavy atom. The van der Waals surface area contributed by atoms with Crippen LogP contribution in [0.5, 0.6) is 0 Å². The normalized spacial score (nSPS) is 29.6. The smallest absolute Gasteiger partial charge is 0.168 e. The summed E-state index contributed by atoms with van der Waals surface area (Å²) in [5.41, 5.74) is 0.398. The predicted molar refractivity (Wildman–Crippen MR) is 79.8 cm³/mol. The highest BCUT2D eigenvalue weighted by atomic mass is 16.7. The largest absolute Gasteiger partial charge is 0.348 e. The maximum absolute atomic E-state index is 5.81. The fraction of sp³-hybridized carbons (Fsp3) is 1.00. The van der Waals surface area contributed by atoms with E-state index in [4.69, 9.17) is 9.47 Å². The van der Waals surface area contributed by atoms with Gasteiger partial charge in [-0.1, -0.05) is 12.8 Å². The standard InChI is InChI=1S/C16H30N2O2/c1-18(2)15(7-3-4-8-15)13-17-14-5-9-16(10-6-14)19-11-12-20-16/h14,17H,3-13H2,1-2H3. The SMILES string of the molecule is CN(C)C1(CNC2CCC3(CC2)OCCO3)CCCC1. The van der Waals surface area contributed by atoms with Gasteiger partial charge in [0.05, 0.1) is 13.2 Å². The maximum atomic E-state index is 5.81. The summed E-state index contributed by atoms with van der Waals surface area (Å²) in [5, 5.41) is 3.84. The van der Waals surface area contributed by atoms with Crippen molar-refractivity contribution in [2.75, 3.05) is 33.9 Å². The van der Waals surface area contributed by atoms with Crippen molar-refractivity contribution in [2.45, 2.75) is 68.7 Å². The van der Waals surface area contributed by atoms with Gasteiger partial charge in [-0.25, -0.2) is 0 Å². The number of nitrogens with zero attached hydrogens (tertiary/aromatic N) is 1. The summed E-state index contributed by atoms with van der Waals surface area (Å²) in [6.07, 6.45) is 9.93. The van der Waals surface area contributed by atoms with E-state index in [1.807, 2.05) is 0 Å². The first-order valence-electron chi connectivity index (χ1n) is 8.33. The van der Waals surface area contributed by atoms with Crippen LogP contribution >= 0.6 is 0 Å². The molecule has 4 nitrogen and oxygen atoms in total. The van der Waals surface area contributed by atoms with Gasteiger partial charge >= 0.3 is 0 Å². The van der Waals surface area contributed by atoms with Crippen molar-refractivity contribution in [1.82, 2.24) is 10.2 Å². The van der Waals surface area contributed by atoms with E-state index in [1.165, 1.54) is 38.5 Å². The van der Waals surface area contributed by atoms with Crippen molar-refractivity contribution in [1.29, 1.82) is 0 Å². The summed E-state index contributed by atoms with van der Waals surface area (Å²) >= 11 is 0. The summed E-state index contributed by atoms with van der Waals surface area (Å²) in [6.45, 7) is 2.70. The van der Waals surface area contributed by atoms with Crippen LogP contribution in [0, 0.1) is 0 Å². The Balaban J connectivity index is 1.47. The highest BCUT2D eigenvalue weighted by molar-refractivity contribution is 4.96. The fourth-order valence-electron chi connectivity index (χ4n) is 4.20. The van der Waals surface area contributed by atoms with E-state index in [2.05, 4.69) is 24.3 Å². The topological polar surface area (TPSA) is 33.7 Å². The summed E-state index contributed by atoms with van der Waals surface area (Å²) in [5.74, 6) is -0.217. The Bertz CT molecular complexity index is 310. The van der Waals surface area contributed by atoms with Gasteiger partial charge < -0.3 is 19.7 Å². The molecular formula is C16H30N2O2. The lowest BCUT2D eigenvalue weighted by Gasteiger charge is -2.40. The molecule has 0 unspecified atom stereocenters. The van der Waals surface area contributed by atoms with Crippen LogP contribution in [0.3, 0.4) is 0 Å². The van der Waals surface area contributed by atoms with E-state index in [9.17, 15) is 0 Å². The Kier molecular flexibility index (Phi) is 4.37. The molecule has 1 saturated heterocycles. The number of rotatable bonds is 4. The van der Waals surface area contributed by atoms with Crippen molar-refractivity contribution in [3.63, 3.8) is 0 Å². The molecule has 0 amide bonds. The second-order valence-electron chi connectivity index (χ2n) is 7.09. The van der Waals surface area contributed by atoms with Crippen LogP contribution in [-0.4, -0.2) is 56.1 Å². The van der Waals surface area contributed by atoms with Gasteiger partial charge in [0.15, 0.2) is 5.79 Å². The lowest BCUT2D eigenvalue weighted by atomic mass is 9.88. The minimum absolute atomic E-state index is 0.217. The van der Waals surface area contributed by atoms with Crippen LogP contribution in [0.25, 0.3) is 0 Å². The molecule has 3 rings (SSSR count). The third-order valence-corrected chi connectivity index (χ3v) is 5.76. The van der Waals surface area contributed by atoms with Gasteiger partial charge in [0.25, 0.3) is 0 Å². The molecule has 0 bridgehead atoms. The lowest BCUT2D eigenvalue weighted by Crippen LogP contribution is -2.53. The first kappa shape index (κ1) is 14.8. The van der Waals surface area contributed by atoms with Gasteiger partial charge in [-0.05, 0) is 39.8 Å². The lowest BCUT2D eigenvalue weighted by molar-refractivity contribution is -0.179. The van der Waals surface area contributed by atoms with Crippen LogP contribution in [0.4, 0.5) is 0 Å². The van der Waals surface area contributed by atoms with Gasteiger partial charge in [-0.3, -0.25) is 0 Å². The highest BCUT2D eigenvalue weighted by Crippen LogP contribution is 2.37. The first-order valence-corrected chi connectivity index (χ1v) is 8.33. The second kappa shape index (κ2) is 5.91. The fourth-order valence-corrected chi connectivity index (χ4v) is 4.20. The highest BCUT2D eigenvalue weighted by Gasteiger charge is 2.41. The van der Waals surface area contributed by atoms with Gasteiger partial charge in [0.2, 0.25) is 0 Å². The summed E-state index contributed by atoms with van der Waals surface area (Å²) < 4.78 is 11.6. The van der Waals surface area contributed by atoms with Crippen molar-refractivity contribution in [3.05, 3.63) is 0 Å². The van der Waals surface area contributed by atoms with Crippen LogP contribution in [0.2, 0.25) is 0 Å². The number of likely N-dealkylation sites (N-methyl/N-ethyl adjacent to an activating group) is 1. The molecule has 3 aliphatic rings. The minimum atomic E-state index is -0.217. The quantitative estimate of drug-likeness (QED) is 0.856. The predicted octanol–water partition coefficient (Wildman–Crippen LogP) is 2.14. The zero-order chi connectivity index (χ0) is 14.1. The first-order chi connectivity index (χ1) is 9.64. The van der Waals surface area contributed by atoms with Crippen LogP contribution in [0.15, 0.2) is 0 Å². The molecule has 1 aliphatic heterocycles. The van der Waals surface area contributed by atoms with E-state index < -0.39 is 0 Å². The number of nitrogens with one attached hydrogen (secondary N) is 1. The Hall–Kier alpha value is -0.160. The van der Waals surface area contributed by atoms with E-state index >= 15 is 0 Å². The number of ether oxygens (including phenoxy) is 2. The molecule has 0 aromatic rings. The van der Waals surface area contributed by atoms with E-state index in [0.717, 1.165) is 32.6 Å². The molecule has 1 N–H and O–H groups in total. The molecule has 3 fully saturated rings. The second-order valence-corrected chi connectivity index (χ2v) is 7.09. The van der Waals surface area contributed by atoms with E-state index in [-0.39, 0.29) is 5.79 Å². The van der Waals surface area contributed by atoms with Crippen molar-refractivity contribution >= 4 is 0 Å². The summed E-state index contributed by atoms with van der Waals surface area (Å²) in [4.78, 5) is 2.44. The number of hydrogen-bond donors (Lipinski definition) is 1. The molecule has 116 valence electrons. The third-order valence-electron chi connectivity index (χ3n) is 5.76. The molecule has 1 heterocycles. The van der Waals surface area contributed by atoms with Crippen LogP contribution in [0.1, 0.15) is 51.4 Å². The zero-order valence-electron chi connectivity index (χ0n) is 13.1.